The highest BCUT2D eigenvalue weighted by atomic mass is 16.5. The van der Waals surface area contributed by atoms with Crippen LogP contribution in [-0.4, -0.2) is 60.7 Å². The Bertz CT molecular complexity index is 1010. The van der Waals surface area contributed by atoms with Crippen molar-refractivity contribution < 1.29 is 13.9 Å². The van der Waals surface area contributed by atoms with Gasteiger partial charge in [-0.2, -0.15) is 9.97 Å². The fourth-order valence-corrected chi connectivity index (χ4v) is 3.50. The van der Waals surface area contributed by atoms with Crippen molar-refractivity contribution in [3.8, 4) is 0 Å². The number of aromatic nitrogens is 2. The molecule has 1 aliphatic rings. The van der Waals surface area contributed by atoms with Gasteiger partial charge in [0.2, 0.25) is 11.7 Å². The number of carbonyl (C=O) groups is 1. The second-order valence-electron chi connectivity index (χ2n) is 7.09. The topological polar surface area (TPSA) is 83.7 Å². The number of benzene rings is 1. The summed E-state index contributed by atoms with van der Waals surface area (Å²) in [6.45, 7) is 7.28. The number of rotatable bonds is 5. The minimum Gasteiger partial charge on any atom is -0.462 e. The van der Waals surface area contributed by atoms with E-state index in [1.54, 1.807) is 13.8 Å². The second-order valence-corrected chi connectivity index (χ2v) is 7.09. The van der Waals surface area contributed by atoms with Gasteiger partial charge in [0.15, 0.2) is 0 Å². The minimum atomic E-state index is -0.411. The van der Waals surface area contributed by atoms with Crippen LogP contribution in [0.2, 0.25) is 0 Å². The summed E-state index contributed by atoms with van der Waals surface area (Å²) in [5.41, 5.74) is 1.67. The predicted octanol–water partition coefficient (Wildman–Crippen LogP) is 3.20. The Morgan fingerprint density at radius 3 is 2.59 bits per heavy atom. The van der Waals surface area contributed by atoms with Gasteiger partial charge in [-0.15, -0.1) is 0 Å². The Morgan fingerprint density at radius 1 is 1.17 bits per heavy atom. The number of aryl methyl sites for hydroxylation is 1. The highest BCUT2D eigenvalue weighted by molar-refractivity contribution is 6.08. The van der Waals surface area contributed by atoms with E-state index < -0.39 is 5.97 Å². The largest absolute Gasteiger partial charge is 0.462 e. The Labute approximate surface area is 169 Å². The molecule has 0 amide bonds. The molecule has 8 heteroatoms. The number of nitrogens with one attached hydrogen (secondary N) is 1. The third kappa shape index (κ3) is 3.88. The highest BCUT2D eigenvalue weighted by Crippen LogP contribution is 2.34. The molecule has 0 aliphatic carbocycles. The third-order valence-electron chi connectivity index (χ3n) is 5.02. The van der Waals surface area contributed by atoms with Gasteiger partial charge in [-0.25, -0.2) is 4.79 Å². The van der Waals surface area contributed by atoms with Crippen LogP contribution >= 0.6 is 0 Å². The van der Waals surface area contributed by atoms with Crippen molar-refractivity contribution >= 4 is 34.5 Å². The summed E-state index contributed by atoms with van der Waals surface area (Å²) in [5, 5.41) is 3.85. The number of hydrogen-bond acceptors (Lipinski definition) is 8. The molecular weight excluding hydrogens is 370 g/mol. The van der Waals surface area contributed by atoms with Gasteiger partial charge in [-0.05, 0) is 33.0 Å². The van der Waals surface area contributed by atoms with E-state index in [4.69, 9.17) is 14.1 Å². The Hall–Kier alpha value is -3.13. The monoisotopic (exact) mass is 395 g/mol. The van der Waals surface area contributed by atoms with Crippen LogP contribution in [0.15, 0.2) is 34.7 Å². The minimum absolute atomic E-state index is 0.295. The van der Waals surface area contributed by atoms with E-state index in [2.05, 4.69) is 27.1 Å². The molecule has 1 N–H and O–H groups in total. The molecule has 29 heavy (non-hydrogen) atoms. The molecule has 1 fully saturated rings. The van der Waals surface area contributed by atoms with Crippen molar-refractivity contribution in [2.75, 3.05) is 50.1 Å². The number of anilines is 3. The first kappa shape index (κ1) is 19.2. The molecular formula is C21H25N5O3. The van der Waals surface area contributed by atoms with Gasteiger partial charge in [-0.1, -0.05) is 18.2 Å². The van der Waals surface area contributed by atoms with Crippen LogP contribution in [0.25, 0.3) is 11.1 Å². The van der Waals surface area contributed by atoms with E-state index >= 15 is 0 Å². The molecule has 3 aromatic rings. The van der Waals surface area contributed by atoms with Crippen LogP contribution in [0.5, 0.6) is 0 Å². The molecule has 152 valence electrons. The maximum absolute atomic E-state index is 12.6. The van der Waals surface area contributed by atoms with E-state index in [-0.39, 0.29) is 0 Å². The smallest absolute Gasteiger partial charge is 0.342 e. The SMILES string of the molecule is CCOC(=O)c1c(C)oc2nc(Nc3ccccc3)nc(N3CCN(C)CC3)c12. The van der Waals surface area contributed by atoms with Gasteiger partial charge in [0.1, 0.15) is 17.1 Å². The summed E-state index contributed by atoms with van der Waals surface area (Å²) in [6.07, 6.45) is 0. The number of hydrogen-bond donors (Lipinski definition) is 1. The molecule has 2 aromatic heterocycles. The molecule has 4 rings (SSSR count). The lowest BCUT2D eigenvalue weighted by molar-refractivity contribution is 0.0526. The van der Waals surface area contributed by atoms with Gasteiger partial charge in [0, 0.05) is 31.9 Å². The summed E-state index contributed by atoms with van der Waals surface area (Å²) >= 11 is 0. The van der Waals surface area contributed by atoms with Gasteiger partial charge in [0.25, 0.3) is 0 Å². The number of fused-ring (bicyclic) bond motifs is 1. The van der Waals surface area contributed by atoms with Crippen molar-refractivity contribution in [3.63, 3.8) is 0 Å². The maximum Gasteiger partial charge on any atom is 0.342 e. The number of esters is 1. The lowest BCUT2D eigenvalue weighted by atomic mass is 10.1. The average Bonchev–Trinajstić information content (AvgIpc) is 3.05. The quantitative estimate of drug-likeness (QED) is 0.660. The molecule has 1 aliphatic heterocycles. The number of nitrogens with zero attached hydrogens (tertiary/aromatic N) is 4. The van der Waals surface area contributed by atoms with Crippen LogP contribution in [0.4, 0.5) is 17.5 Å². The first-order valence-corrected chi connectivity index (χ1v) is 9.80. The van der Waals surface area contributed by atoms with E-state index in [9.17, 15) is 4.79 Å². The molecule has 0 unspecified atom stereocenters. The van der Waals surface area contributed by atoms with Crippen LogP contribution in [-0.2, 0) is 4.74 Å². The van der Waals surface area contributed by atoms with Crippen molar-refractivity contribution in [1.29, 1.82) is 0 Å². The predicted molar refractivity (Wildman–Crippen MR) is 112 cm³/mol. The standard InChI is InChI=1S/C21H25N5O3/c1-4-28-20(27)16-14(2)29-19-17(16)18(26-12-10-25(3)11-13-26)23-21(24-19)22-15-8-6-5-7-9-15/h5-9H,4,10-13H2,1-3H3,(H,22,23,24). The number of piperazine rings is 1. The molecule has 8 nitrogen and oxygen atoms in total. The zero-order valence-electron chi connectivity index (χ0n) is 16.9. The van der Waals surface area contributed by atoms with E-state index in [0.29, 0.717) is 40.8 Å². The Morgan fingerprint density at radius 2 is 1.90 bits per heavy atom. The fraction of sp³-hybridized carbons (Fsp3) is 0.381. The summed E-state index contributed by atoms with van der Waals surface area (Å²) < 4.78 is 11.1. The summed E-state index contributed by atoms with van der Waals surface area (Å²) in [4.78, 5) is 26.4. The number of furan rings is 1. The number of likely N-dealkylation sites (N-methyl/N-ethyl adjacent to an activating group) is 1. The molecule has 0 bridgehead atoms. The van der Waals surface area contributed by atoms with Gasteiger partial charge < -0.3 is 24.3 Å². The second kappa shape index (κ2) is 8.08. The number of para-hydroxylation sites is 1. The molecule has 0 radical (unpaired) electrons. The number of carbonyl (C=O) groups excluding carboxylic acids is 1. The fourth-order valence-electron chi connectivity index (χ4n) is 3.50. The van der Waals surface area contributed by atoms with Crippen molar-refractivity contribution in [2.45, 2.75) is 13.8 Å². The lowest BCUT2D eigenvalue weighted by Gasteiger charge is -2.33. The summed E-state index contributed by atoms with van der Waals surface area (Å²) in [7, 11) is 2.10. The first-order chi connectivity index (χ1) is 14.1. The van der Waals surface area contributed by atoms with Crippen LogP contribution < -0.4 is 10.2 Å². The van der Waals surface area contributed by atoms with Gasteiger partial charge in [-0.3, -0.25) is 0 Å². The Balaban J connectivity index is 1.83. The lowest BCUT2D eigenvalue weighted by Crippen LogP contribution is -2.45. The third-order valence-corrected chi connectivity index (χ3v) is 5.02. The van der Waals surface area contributed by atoms with E-state index in [0.717, 1.165) is 31.9 Å². The van der Waals surface area contributed by atoms with Crippen LogP contribution in [0, 0.1) is 6.92 Å². The molecule has 0 saturated carbocycles. The summed E-state index contributed by atoms with van der Waals surface area (Å²) in [6, 6.07) is 9.73. The van der Waals surface area contributed by atoms with Crippen LogP contribution in [0.1, 0.15) is 23.0 Å². The van der Waals surface area contributed by atoms with Crippen molar-refractivity contribution in [1.82, 2.24) is 14.9 Å². The highest BCUT2D eigenvalue weighted by Gasteiger charge is 2.28. The van der Waals surface area contributed by atoms with Crippen molar-refractivity contribution in [3.05, 3.63) is 41.7 Å². The molecule has 1 aromatic carbocycles. The maximum atomic E-state index is 12.6. The molecule has 3 heterocycles. The summed E-state index contributed by atoms with van der Waals surface area (Å²) in [5.74, 6) is 1.20. The zero-order valence-corrected chi connectivity index (χ0v) is 16.9. The van der Waals surface area contributed by atoms with Crippen molar-refractivity contribution in [2.24, 2.45) is 0 Å². The number of ether oxygens (including phenoxy) is 1. The molecule has 0 spiro atoms. The Kier molecular flexibility index (Phi) is 5.35. The van der Waals surface area contributed by atoms with Crippen LogP contribution in [0.3, 0.4) is 0 Å². The first-order valence-electron chi connectivity index (χ1n) is 9.80. The average molecular weight is 395 g/mol. The van der Waals surface area contributed by atoms with Gasteiger partial charge >= 0.3 is 5.97 Å². The normalized spacial score (nSPS) is 14.9. The van der Waals surface area contributed by atoms with Gasteiger partial charge in [0.05, 0.1) is 12.0 Å². The van der Waals surface area contributed by atoms with E-state index in [1.807, 2.05) is 30.3 Å². The molecule has 0 atom stereocenters. The van der Waals surface area contributed by atoms with E-state index in [1.165, 1.54) is 0 Å². The molecule has 1 saturated heterocycles. The zero-order chi connectivity index (χ0) is 20.4.